The number of amides is 1. The Morgan fingerprint density at radius 2 is 1.88 bits per heavy atom. The van der Waals surface area contributed by atoms with Crippen LogP contribution in [0.1, 0.15) is 18.4 Å². The Hall–Kier alpha value is -2.11. The van der Waals surface area contributed by atoms with Crippen LogP contribution < -0.4 is 10.5 Å². The van der Waals surface area contributed by atoms with E-state index >= 15 is 0 Å². The van der Waals surface area contributed by atoms with Gasteiger partial charge in [-0.25, -0.2) is 0 Å². The molecular weight excluding hydrogens is 316 g/mol. The minimum atomic E-state index is -0.475. The van der Waals surface area contributed by atoms with Crippen molar-refractivity contribution in [1.82, 2.24) is 4.90 Å². The molecule has 1 heterocycles. The molecular formula is C20H26N2O3. The molecule has 0 radical (unpaired) electrons. The van der Waals surface area contributed by atoms with Gasteiger partial charge >= 0.3 is 0 Å². The highest BCUT2D eigenvalue weighted by molar-refractivity contribution is 5.85. The quantitative estimate of drug-likeness (QED) is 0.907. The predicted molar refractivity (Wildman–Crippen MR) is 98.5 cm³/mol. The minimum absolute atomic E-state index is 0.119. The lowest BCUT2D eigenvalue weighted by atomic mass is 9.79. The number of carbonyl (C=O) groups is 1. The number of ether oxygens (including phenoxy) is 2. The number of carbonyl (C=O) groups excluding carboxylic acids is 1. The minimum Gasteiger partial charge on any atom is -0.497 e. The molecule has 5 heteroatoms. The van der Waals surface area contributed by atoms with Crippen molar-refractivity contribution >= 4 is 16.7 Å². The number of methoxy groups -OCH3 is 1. The van der Waals surface area contributed by atoms with E-state index in [1.165, 1.54) is 0 Å². The number of benzene rings is 2. The zero-order chi connectivity index (χ0) is 17.9. The molecule has 1 aliphatic heterocycles. The summed E-state index contributed by atoms with van der Waals surface area (Å²) < 4.78 is 10.7. The normalized spacial score (nSPS) is 16.6. The molecule has 2 aromatic carbocycles. The van der Waals surface area contributed by atoms with Gasteiger partial charge in [0.05, 0.1) is 12.5 Å². The Bertz CT molecular complexity index is 754. The molecule has 0 unspecified atom stereocenters. The largest absolute Gasteiger partial charge is 0.497 e. The molecule has 0 saturated carbocycles. The van der Waals surface area contributed by atoms with Gasteiger partial charge in [0.1, 0.15) is 5.75 Å². The van der Waals surface area contributed by atoms with Crippen molar-refractivity contribution in [3.05, 3.63) is 42.0 Å². The maximum atomic E-state index is 13.0. The number of fused-ring (bicyclic) bond motifs is 1. The van der Waals surface area contributed by atoms with Crippen LogP contribution in [0.15, 0.2) is 36.4 Å². The lowest BCUT2D eigenvalue weighted by Gasteiger charge is -2.37. The van der Waals surface area contributed by atoms with Crippen LogP contribution >= 0.6 is 0 Å². The lowest BCUT2D eigenvalue weighted by molar-refractivity contribution is -0.146. The molecule has 0 aromatic heterocycles. The Labute approximate surface area is 148 Å². The van der Waals surface area contributed by atoms with Crippen molar-refractivity contribution in [3.8, 4) is 5.75 Å². The van der Waals surface area contributed by atoms with E-state index in [1.807, 2.05) is 25.2 Å². The van der Waals surface area contributed by atoms with E-state index in [-0.39, 0.29) is 5.91 Å². The van der Waals surface area contributed by atoms with Crippen molar-refractivity contribution in [2.45, 2.75) is 19.4 Å². The first-order chi connectivity index (χ1) is 12.1. The zero-order valence-corrected chi connectivity index (χ0v) is 15.0. The second-order valence-electron chi connectivity index (χ2n) is 6.81. The fourth-order valence-electron chi connectivity index (χ4n) is 3.52. The van der Waals surface area contributed by atoms with Gasteiger partial charge in [0.15, 0.2) is 0 Å². The molecule has 134 valence electrons. The van der Waals surface area contributed by atoms with Crippen LogP contribution in [0, 0.1) is 5.41 Å². The third kappa shape index (κ3) is 3.62. The molecule has 0 aliphatic carbocycles. The predicted octanol–water partition coefficient (Wildman–Crippen LogP) is 2.56. The molecule has 25 heavy (non-hydrogen) atoms. The van der Waals surface area contributed by atoms with Gasteiger partial charge in [0.25, 0.3) is 0 Å². The molecule has 1 saturated heterocycles. The zero-order valence-electron chi connectivity index (χ0n) is 15.0. The number of hydrogen-bond acceptors (Lipinski definition) is 4. The number of hydrogen-bond donors (Lipinski definition) is 1. The number of rotatable bonds is 5. The fraction of sp³-hybridized carbons (Fsp3) is 0.450. The first kappa shape index (κ1) is 17.7. The summed E-state index contributed by atoms with van der Waals surface area (Å²) in [6.07, 6.45) is 1.40. The highest BCUT2D eigenvalue weighted by atomic mass is 16.5. The highest BCUT2D eigenvalue weighted by Gasteiger charge is 2.40. The molecule has 1 amide bonds. The van der Waals surface area contributed by atoms with Crippen LogP contribution in [0.25, 0.3) is 10.8 Å². The molecule has 5 nitrogen and oxygen atoms in total. The summed E-state index contributed by atoms with van der Waals surface area (Å²) in [5, 5.41) is 2.26. The van der Waals surface area contributed by atoms with Crippen LogP contribution in [0.4, 0.5) is 0 Å². The van der Waals surface area contributed by atoms with Gasteiger partial charge < -0.3 is 20.1 Å². The summed E-state index contributed by atoms with van der Waals surface area (Å²) in [4.78, 5) is 14.8. The van der Waals surface area contributed by atoms with Gasteiger partial charge in [-0.2, -0.15) is 0 Å². The number of nitrogens with zero attached hydrogens (tertiary/aromatic N) is 1. The van der Waals surface area contributed by atoms with Crippen molar-refractivity contribution in [2.75, 3.05) is 33.9 Å². The van der Waals surface area contributed by atoms with Crippen LogP contribution in [0.3, 0.4) is 0 Å². The summed E-state index contributed by atoms with van der Waals surface area (Å²) in [7, 11) is 3.52. The second kappa shape index (κ2) is 7.42. The van der Waals surface area contributed by atoms with Crippen molar-refractivity contribution in [3.63, 3.8) is 0 Å². The first-order valence-corrected chi connectivity index (χ1v) is 8.68. The standard InChI is InChI=1S/C20H26N2O3/c1-22(19(23)20(14-21)7-9-25-10-8-20)13-15-3-4-17-12-18(24-2)6-5-16(17)11-15/h3-6,11-12H,7-10,13-14,21H2,1-2H3. The summed E-state index contributed by atoms with van der Waals surface area (Å²) >= 11 is 0. The average Bonchev–Trinajstić information content (AvgIpc) is 2.67. The molecule has 2 N–H and O–H groups in total. The molecule has 0 bridgehead atoms. The van der Waals surface area contributed by atoms with Crippen LogP contribution in [-0.2, 0) is 16.1 Å². The highest BCUT2D eigenvalue weighted by Crippen LogP contribution is 2.32. The van der Waals surface area contributed by atoms with Crippen molar-refractivity contribution < 1.29 is 14.3 Å². The van der Waals surface area contributed by atoms with Crippen LogP contribution in [-0.4, -0.2) is 44.7 Å². The maximum Gasteiger partial charge on any atom is 0.230 e. The van der Waals surface area contributed by atoms with E-state index in [2.05, 4.69) is 18.2 Å². The monoisotopic (exact) mass is 342 g/mol. The van der Waals surface area contributed by atoms with Gasteiger partial charge in [0.2, 0.25) is 5.91 Å². The Balaban J connectivity index is 1.76. The van der Waals surface area contributed by atoms with E-state index < -0.39 is 5.41 Å². The van der Waals surface area contributed by atoms with Crippen molar-refractivity contribution in [2.24, 2.45) is 11.1 Å². The molecule has 3 rings (SSSR count). The van der Waals surface area contributed by atoms with E-state index in [0.29, 0.717) is 39.1 Å². The Kier molecular flexibility index (Phi) is 5.25. The van der Waals surface area contributed by atoms with E-state index in [1.54, 1.807) is 12.0 Å². The summed E-state index contributed by atoms with van der Waals surface area (Å²) in [5.41, 5.74) is 6.59. The average molecular weight is 342 g/mol. The third-order valence-corrected chi connectivity index (χ3v) is 5.17. The van der Waals surface area contributed by atoms with Gasteiger partial charge in [-0.1, -0.05) is 18.2 Å². The van der Waals surface area contributed by atoms with Gasteiger partial charge in [-0.05, 0) is 47.4 Å². The molecule has 1 fully saturated rings. The number of nitrogens with two attached hydrogens (primary N) is 1. The third-order valence-electron chi connectivity index (χ3n) is 5.17. The Morgan fingerprint density at radius 1 is 1.20 bits per heavy atom. The van der Waals surface area contributed by atoms with Crippen LogP contribution in [0.2, 0.25) is 0 Å². The smallest absolute Gasteiger partial charge is 0.230 e. The van der Waals surface area contributed by atoms with E-state index in [0.717, 1.165) is 22.1 Å². The summed E-state index contributed by atoms with van der Waals surface area (Å²) in [5.74, 6) is 0.963. The Morgan fingerprint density at radius 3 is 2.56 bits per heavy atom. The second-order valence-corrected chi connectivity index (χ2v) is 6.81. The summed E-state index contributed by atoms with van der Waals surface area (Å²) in [6.45, 7) is 2.16. The topological polar surface area (TPSA) is 64.8 Å². The molecule has 0 spiro atoms. The molecule has 2 aromatic rings. The van der Waals surface area contributed by atoms with Gasteiger partial charge in [0, 0.05) is 33.4 Å². The van der Waals surface area contributed by atoms with Crippen LogP contribution in [0.5, 0.6) is 5.75 Å². The maximum absolute atomic E-state index is 13.0. The lowest BCUT2D eigenvalue weighted by Crippen LogP contribution is -2.49. The molecule has 0 atom stereocenters. The SMILES string of the molecule is COc1ccc2cc(CN(C)C(=O)C3(CN)CCOCC3)ccc2c1. The fourth-order valence-corrected chi connectivity index (χ4v) is 3.52. The van der Waals surface area contributed by atoms with Gasteiger partial charge in [-0.3, -0.25) is 4.79 Å². The van der Waals surface area contributed by atoms with Gasteiger partial charge in [-0.15, -0.1) is 0 Å². The van der Waals surface area contributed by atoms with Crippen molar-refractivity contribution in [1.29, 1.82) is 0 Å². The van der Waals surface area contributed by atoms with E-state index in [9.17, 15) is 4.79 Å². The molecule has 1 aliphatic rings. The summed E-state index contributed by atoms with van der Waals surface area (Å²) in [6, 6.07) is 12.3. The van der Waals surface area contributed by atoms with E-state index in [4.69, 9.17) is 15.2 Å². The first-order valence-electron chi connectivity index (χ1n) is 8.68.